The minimum absolute atomic E-state index is 0.00735. The van der Waals surface area contributed by atoms with Crippen molar-refractivity contribution in [1.29, 1.82) is 0 Å². The Hall–Kier alpha value is -3.32. The number of thioether (sulfide) groups is 1. The molecule has 0 aromatic rings. The lowest BCUT2D eigenvalue weighted by atomic mass is 10.1. The summed E-state index contributed by atoms with van der Waals surface area (Å²) in [4.78, 5) is 92.3. The van der Waals surface area contributed by atoms with E-state index in [1.807, 2.05) is 16.1 Å². The molecule has 0 saturated heterocycles. The summed E-state index contributed by atoms with van der Waals surface area (Å²) in [6.45, 7) is 11.1. The Balaban J connectivity index is 4.65. The van der Waals surface area contributed by atoms with Gasteiger partial charge in [-0.2, -0.15) is 11.8 Å². The Bertz CT molecular complexity index is 1440. The van der Waals surface area contributed by atoms with Gasteiger partial charge in [0.2, 0.25) is 11.8 Å². The maximum Gasteiger partial charge on any atom is 0.317 e. The van der Waals surface area contributed by atoms with E-state index in [0.29, 0.717) is 145 Å². The van der Waals surface area contributed by atoms with Gasteiger partial charge in [0.25, 0.3) is 0 Å². The van der Waals surface area contributed by atoms with Gasteiger partial charge >= 0.3 is 6.03 Å². The third-order valence-electron chi connectivity index (χ3n) is 11.1. The third-order valence-corrected chi connectivity index (χ3v) is 11.7. The quantitative estimate of drug-likeness (QED) is 0.0335. The fraction of sp³-hybridized carbons (Fsp3) is 0.860. The molecule has 444 valence electrons. The number of carbonyl (C=O) groups is 7. The van der Waals surface area contributed by atoms with Crippen molar-refractivity contribution in [3.05, 3.63) is 0 Å². The van der Waals surface area contributed by atoms with E-state index in [-0.39, 0.29) is 158 Å². The van der Waals surface area contributed by atoms with E-state index in [9.17, 15) is 33.6 Å². The molecular weight excluding hydrogens is 1010 g/mol. The van der Waals surface area contributed by atoms with Crippen LogP contribution in [0.15, 0.2) is 0 Å². The summed E-state index contributed by atoms with van der Waals surface area (Å²) in [6.07, 6.45) is 4.54. The first-order chi connectivity index (χ1) is 37.0. The molecule has 4 amide bonds. The Morgan fingerprint density at radius 3 is 1.01 bits per heavy atom. The summed E-state index contributed by atoms with van der Waals surface area (Å²) in [7, 11) is 0. The van der Waals surface area contributed by atoms with Crippen molar-refractivity contribution in [3.63, 3.8) is 0 Å². The predicted molar refractivity (Wildman–Crippen MR) is 291 cm³/mol. The molecule has 0 radical (unpaired) electrons. The Morgan fingerprint density at radius 2 is 0.658 bits per heavy atom. The molecule has 0 saturated carbocycles. The molecule has 0 fully saturated rings. The van der Waals surface area contributed by atoms with Gasteiger partial charge in [-0.05, 0) is 32.4 Å². The molecule has 26 heteroatoms. The lowest BCUT2D eigenvalue weighted by Crippen LogP contribution is -2.46. The number of ketones is 4. The maximum atomic E-state index is 13.5. The number of amides is 4. The summed E-state index contributed by atoms with van der Waals surface area (Å²) < 4.78 is 44.4. The second-order valence-electron chi connectivity index (χ2n) is 17.3. The van der Waals surface area contributed by atoms with Crippen molar-refractivity contribution >= 4 is 52.7 Å². The maximum absolute atomic E-state index is 13.5. The van der Waals surface area contributed by atoms with Gasteiger partial charge in [0, 0.05) is 142 Å². The van der Waals surface area contributed by atoms with E-state index < -0.39 is 6.03 Å². The molecule has 25 nitrogen and oxygen atoms in total. The Labute approximate surface area is 456 Å². The van der Waals surface area contributed by atoms with Gasteiger partial charge in [0.05, 0.1) is 106 Å². The molecule has 0 unspecified atom stereocenters. The minimum Gasteiger partial charge on any atom is -0.379 e. The number of ether oxygens (including phenoxy) is 8. The minimum atomic E-state index is -0.408. The molecule has 0 bridgehead atoms. The normalized spacial score (nSPS) is 11.4. The highest BCUT2D eigenvalue weighted by molar-refractivity contribution is 7.98. The number of Topliss-reactive ketones (excluding diaryl/α,β-unsaturated/α-hetero) is 4. The van der Waals surface area contributed by atoms with Crippen molar-refractivity contribution in [3.8, 4) is 0 Å². The Morgan fingerprint density at radius 1 is 0.342 bits per heavy atom. The highest BCUT2D eigenvalue weighted by Crippen LogP contribution is 2.03. The number of carbonyl (C=O) groups excluding carboxylic acids is 7. The van der Waals surface area contributed by atoms with Gasteiger partial charge in [-0.1, -0.05) is 0 Å². The van der Waals surface area contributed by atoms with Crippen molar-refractivity contribution in [1.82, 2.24) is 30.7 Å². The van der Waals surface area contributed by atoms with Crippen LogP contribution in [-0.2, 0) is 66.7 Å². The van der Waals surface area contributed by atoms with Crippen molar-refractivity contribution in [2.45, 2.75) is 64.2 Å². The molecule has 0 aliphatic rings. The first kappa shape index (κ1) is 72.7. The van der Waals surface area contributed by atoms with Crippen LogP contribution in [0.5, 0.6) is 0 Å². The summed E-state index contributed by atoms with van der Waals surface area (Å²) in [5, 5.41) is 8.63. The lowest BCUT2D eigenvalue weighted by molar-refractivity contribution is -0.122. The van der Waals surface area contributed by atoms with Crippen LogP contribution in [0.25, 0.3) is 0 Å². The van der Waals surface area contributed by atoms with Crippen LogP contribution in [0.4, 0.5) is 4.79 Å². The molecular formula is C50H98N10O15S. The van der Waals surface area contributed by atoms with Gasteiger partial charge in [0.1, 0.15) is 23.1 Å². The molecule has 76 heavy (non-hydrogen) atoms. The summed E-state index contributed by atoms with van der Waals surface area (Å²) in [5.41, 5.74) is 22.1. The molecule has 0 rings (SSSR count). The molecule has 11 N–H and O–H groups in total. The molecule has 0 atom stereocenters. The fourth-order valence-corrected chi connectivity index (χ4v) is 7.04. The smallest absolute Gasteiger partial charge is 0.317 e. The van der Waals surface area contributed by atoms with Gasteiger partial charge in [0.15, 0.2) is 0 Å². The van der Waals surface area contributed by atoms with Crippen molar-refractivity contribution < 1.29 is 71.5 Å². The number of nitrogens with two attached hydrogens (primary N) is 4. The average Bonchev–Trinajstić information content (AvgIpc) is 3.39. The predicted octanol–water partition coefficient (Wildman–Crippen LogP) is -1.66. The first-order valence-electron chi connectivity index (χ1n) is 27.0. The summed E-state index contributed by atoms with van der Waals surface area (Å²) in [6, 6.07) is -0.408. The second-order valence-corrected chi connectivity index (χ2v) is 18.3. The van der Waals surface area contributed by atoms with Crippen LogP contribution >= 0.6 is 11.8 Å². The number of nitrogens with one attached hydrogen (secondary N) is 3. The monoisotopic (exact) mass is 1110 g/mol. The average molecular weight is 1110 g/mol. The zero-order valence-electron chi connectivity index (χ0n) is 45.9. The van der Waals surface area contributed by atoms with Crippen LogP contribution in [0.1, 0.15) is 64.2 Å². The molecule has 0 heterocycles. The zero-order chi connectivity index (χ0) is 56.0. The summed E-state index contributed by atoms with van der Waals surface area (Å²) in [5.74, 6) is 0.696. The Kier molecular flexibility index (Phi) is 52.6. The number of rotatable bonds is 59. The number of nitrogens with zero attached hydrogens (tertiary/aromatic N) is 3. The number of hydrogen-bond donors (Lipinski definition) is 7. The van der Waals surface area contributed by atoms with E-state index in [1.54, 1.807) is 11.8 Å². The summed E-state index contributed by atoms with van der Waals surface area (Å²) >= 11 is 1.68. The third kappa shape index (κ3) is 49.0. The van der Waals surface area contributed by atoms with Gasteiger partial charge < -0.3 is 91.5 Å². The number of urea groups is 1. The zero-order valence-corrected chi connectivity index (χ0v) is 46.7. The van der Waals surface area contributed by atoms with Crippen LogP contribution in [-0.4, -0.2) is 272 Å². The molecule has 0 aromatic heterocycles. The van der Waals surface area contributed by atoms with E-state index in [4.69, 9.17) is 60.8 Å². The molecule has 0 aromatic carbocycles. The topological polar surface area (TPSA) is 343 Å². The molecule has 0 aliphatic carbocycles. The van der Waals surface area contributed by atoms with Gasteiger partial charge in [-0.15, -0.1) is 0 Å². The standard InChI is InChI=1S/C50H98N10O15S/c1-76-43-18-56-49(66)11-27-68-29-31-70-33-35-72-37-39-74-41-42-75-40-38-73-36-34-71-32-30-69-28-26-60(50(67)57-17-25-59(21-8-46(63)4-14-53)22-9-47(64)5-15-54)23-10-48(65)55-16-24-58(19-6-44(61)2-12-51)20-7-45(62)3-13-52/h2-43,51-54H2,1H3,(H,55,65)(H,56,66)(H,57,67). The molecule has 0 aliphatic heterocycles. The van der Waals surface area contributed by atoms with Crippen LogP contribution in [0, 0.1) is 0 Å². The largest absolute Gasteiger partial charge is 0.379 e. The van der Waals surface area contributed by atoms with E-state index in [0.717, 1.165) is 5.75 Å². The first-order valence-corrected chi connectivity index (χ1v) is 28.4. The van der Waals surface area contributed by atoms with E-state index in [1.165, 1.54) is 4.90 Å². The van der Waals surface area contributed by atoms with Gasteiger partial charge in [-0.3, -0.25) is 28.8 Å². The van der Waals surface area contributed by atoms with Crippen LogP contribution < -0.4 is 38.9 Å². The van der Waals surface area contributed by atoms with Crippen molar-refractivity contribution in [2.75, 3.05) is 216 Å². The molecule has 0 spiro atoms. The lowest BCUT2D eigenvalue weighted by Gasteiger charge is -2.25. The highest BCUT2D eigenvalue weighted by Gasteiger charge is 2.18. The SMILES string of the molecule is CSCCNC(=O)CCOCCOCCOCCOCCOCCOCCOCCOCCN(CCC(=O)NCCN(CCC(=O)CCN)CCC(=O)CCN)C(=O)NCCN(CCC(=O)CCN)CCC(=O)CCN. The van der Waals surface area contributed by atoms with E-state index >= 15 is 0 Å². The van der Waals surface area contributed by atoms with Crippen LogP contribution in [0.3, 0.4) is 0 Å². The fourth-order valence-electron chi connectivity index (χ4n) is 6.73. The van der Waals surface area contributed by atoms with Crippen LogP contribution in [0.2, 0.25) is 0 Å². The van der Waals surface area contributed by atoms with E-state index in [2.05, 4.69) is 16.0 Å². The highest BCUT2D eigenvalue weighted by atomic mass is 32.2. The van der Waals surface area contributed by atoms with Crippen molar-refractivity contribution in [2.24, 2.45) is 22.9 Å². The number of hydrogen-bond acceptors (Lipinski definition) is 22. The second kappa shape index (κ2) is 55.0. The van der Waals surface area contributed by atoms with Gasteiger partial charge in [-0.25, -0.2) is 4.79 Å².